The molecule has 1 aromatic rings. The van der Waals surface area contributed by atoms with Crippen LogP contribution in [0.3, 0.4) is 0 Å². The predicted octanol–water partition coefficient (Wildman–Crippen LogP) is 1.78. The number of rotatable bonds is 1. The van der Waals surface area contributed by atoms with Crippen molar-refractivity contribution in [2.45, 2.75) is 31.4 Å². The van der Waals surface area contributed by atoms with E-state index in [9.17, 15) is 5.11 Å². The van der Waals surface area contributed by atoms with Gasteiger partial charge < -0.3 is 10.8 Å². The Balaban J connectivity index is 2.10. The van der Waals surface area contributed by atoms with Crippen molar-refractivity contribution in [3.05, 3.63) is 58.8 Å². The highest BCUT2D eigenvalue weighted by atomic mass is 16.3. The van der Waals surface area contributed by atoms with Crippen LogP contribution in [0.5, 0.6) is 0 Å². The van der Waals surface area contributed by atoms with Crippen LogP contribution in [0.25, 0.3) is 0 Å². The summed E-state index contributed by atoms with van der Waals surface area (Å²) in [6, 6.07) is 8.35. The second-order valence-corrected chi connectivity index (χ2v) is 5.63. The molecular formula is C16H20N2O. The molecule has 3 heteroatoms. The van der Waals surface area contributed by atoms with Crippen LogP contribution in [0.15, 0.2) is 47.7 Å². The Kier molecular flexibility index (Phi) is 2.77. The molecule has 0 amide bonds. The van der Waals surface area contributed by atoms with Gasteiger partial charge in [0.25, 0.3) is 0 Å². The van der Waals surface area contributed by atoms with E-state index in [4.69, 9.17) is 11.5 Å². The Morgan fingerprint density at radius 3 is 2.84 bits per heavy atom. The third kappa shape index (κ3) is 1.81. The first-order valence-corrected chi connectivity index (χ1v) is 6.79. The van der Waals surface area contributed by atoms with Crippen molar-refractivity contribution >= 4 is 0 Å². The lowest BCUT2D eigenvalue weighted by molar-refractivity contribution is 0.0402. The van der Waals surface area contributed by atoms with E-state index in [2.05, 4.69) is 18.2 Å². The lowest BCUT2D eigenvalue weighted by Crippen LogP contribution is -2.51. The molecule has 2 aliphatic rings. The molecule has 0 fully saturated rings. The van der Waals surface area contributed by atoms with E-state index in [0.29, 0.717) is 5.70 Å². The Bertz CT molecular complexity index is 572. The van der Waals surface area contributed by atoms with E-state index in [-0.39, 0.29) is 11.8 Å². The maximum atomic E-state index is 10.6. The zero-order chi connectivity index (χ0) is 13.6. The van der Waals surface area contributed by atoms with Gasteiger partial charge in [0.05, 0.1) is 0 Å². The lowest BCUT2D eigenvalue weighted by atomic mass is 9.76. The Hall–Kier alpha value is -1.58. The molecule has 2 aliphatic carbocycles. The first-order valence-electron chi connectivity index (χ1n) is 6.79. The van der Waals surface area contributed by atoms with Gasteiger partial charge in [-0.15, -0.1) is 0 Å². The zero-order valence-electron chi connectivity index (χ0n) is 11.1. The maximum absolute atomic E-state index is 10.6. The topological polar surface area (TPSA) is 72.3 Å². The van der Waals surface area contributed by atoms with E-state index >= 15 is 0 Å². The van der Waals surface area contributed by atoms with Crippen LogP contribution in [0.4, 0.5) is 0 Å². The number of benzene rings is 1. The number of hydrogen-bond acceptors (Lipinski definition) is 3. The number of nitrogens with two attached hydrogens (primary N) is 2. The van der Waals surface area contributed by atoms with Crippen molar-refractivity contribution in [2.75, 3.05) is 0 Å². The first kappa shape index (κ1) is 12.5. The summed E-state index contributed by atoms with van der Waals surface area (Å²) in [5, 5.41) is 10.6. The van der Waals surface area contributed by atoms with Gasteiger partial charge in [-0.25, -0.2) is 0 Å². The number of hydrogen-bond donors (Lipinski definition) is 3. The van der Waals surface area contributed by atoms with Crippen LogP contribution in [-0.4, -0.2) is 10.8 Å². The second kappa shape index (κ2) is 4.22. The van der Waals surface area contributed by atoms with Crippen LogP contribution in [0, 0.1) is 5.92 Å². The number of aliphatic hydroxyl groups is 1. The summed E-state index contributed by atoms with van der Waals surface area (Å²) < 4.78 is 0. The molecule has 0 heterocycles. The van der Waals surface area contributed by atoms with Crippen LogP contribution in [-0.2, 0) is 6.42 Å². The fourth-order valence-corrected chi connectivity index (χ4v) is 3.30. The molecule has 0 radical (unpaired) electrons. The van der Waals surface area contributed by atoms with Crippen molar-refractivity contribution in [1.82, 2.24) is 0 Å². The molecule has 19 heavy (non-hydrogen) atoms. The largest absolute Gasteiger partial charge is 0.399 e. The zero-order valence-corrected chi connectivity index (χ0v) is 11.1. The molecule has 0 saturated heterocycles. The van der Waals surface area contributed by atoms with E-state index < -0.39 is 5.72 Å². The monoisotopic (exact) mass is 256 g/mol. The van der Waals surface area contributed by atoms with E-state index in [1.807, 2.05) is 25.1 Å². The number of fused-ring (bicyclic) bond motifs is 1. The van der Waals surface area contributed by atoms with E-state index in [1.165, 1.54) is 11.1 Å². The Morgan fingerprint density at radius 2 is 2.05 bits per heavy atom. The molecule has 5 N–H and O–H groups in total. The molecule has 3 rings (SSSR count). The minimum Gasteiger partial charge on any atom is -0.399 e. The van der Waals surface area contributed by atoms with Crippen LogP contribution in [0.1, 0.15) is 30.4 Å². The number of aryl methyl sites for hydroxylation is 1. The van der Waals surface area contributed by atoms with Crippen LogP contribution < -0.4 is 11.5 Å². The highest BCUT2D eigenvalue weighted by Gasteiger charge is 2.42. The second-order valence-electron chi connectivity index (χ2n) is 5.63. The maximum Gasteiger partial charge on any atom is 0.144 e. The molecule has 0 aromatic heterocycles. The van der Waals surface area contributed by atoms with Gasteiger partial charge in [0, 0.05) is 23.1 Å². The fourth-order valence-electron chi connectivity index (χ4n) is 3.30. The van der Waals surface area contributed by atoms with Gasteiger partial charge in [-0.2, -0.15) is 0 Å². The highest BCUT2D eigenvalue weighted by molar-refractivity contribution is 5.47. The minimum absolute atomic E-state index is 0.123. The van der Waals surface area contributed by atoms with Gasteiger partial charge >= 0.3 is 0 Å². The van der Waals surface area contributed by atoms with E-state index in [1.54, 1.807) is 0 Å². The minimum atomic E-state index is -1.35. The Labute approximate surface area is 113 Å². The highest BCUT2D eigenvalue weighted by Crippen LogP contribution is 2.45. The van der Waals surface area contributed by atoms with Gasteiger partial charge in [0.15, 0.2) is 0 Å². The fraction of sp³-hybridized carbons (Fsp3) is 0.375. The summed E-state index contributed by atoms with van der Waals surface area (Å²) in [4.78, 5) is 0. The SMILES string of the molecule is CC1C=CC(N)=C(C2CCc3ccccc32)C1(N)O. The average molecular weight is 256 g/mol. The first-order chi connectivity index (χ1) is 9.01. The predicted molar refractivity (Wildman–Crippen MR) is 76.2 cm³/mol. The molecule has 100 valence electrons. The molecule has 0 saturated carbocycles. The average Bonchev–Trinajstić information content (AvgIpc) is 2.78. The van der Waals surface area contributed by atoms with Gasteiger partial charge in [0.1, 0.15) is 5.72 Å². The van der Waals surface area contributed by atoms with Crippen LogP contribution in [0.2, 0.25) is 0 Å². The standard InChI is InChI=1S/C16H20N2O/c1-10-6-9-14(17)15(16(10,18)19)13-8-7-11-4-2-3-5-12(11)13/h2-6,9-10,13,19H,7-8,17-18H2,1H3. The van der Waals surface area contributed by atoms with Gasteiger partial charge in [-0.3, -0.25) is 5.73 Å². The summed E-state index contributed by atoms with van der Waals surface area (Å²) in [5.41, 5.74) is 14.9. The number of allylic oxidation sites excluding steroid dienone is 1. The van der Waals surface area contributed by atoms with Crippen molar-refractivity contribution in [3.8, 4) is 0 Å². The summed E-state index contributed by atoms with van der Waals surface area (Å²) in [5.74, 6) is 0.0150. The summed E-state index contributed by atoms with van der Waals surface area (Å²) in [7, 11) is 0. The molecular weight excluding hydrogens is 236 g/mol. The molecule has 3 atom stereocenters. The smallest absolute Gasteiger partial charge is 0.144 e. The molecule has 0 spiro atoms. The van der Waals surface area contributed by atoms with Crippen molar-refractivity contribution in [3.63, 3.8) is 0 Å². The lowest BCUT2D eigenvalue weighted by Gasteiger charge is -2.37. The summed E-state index contributed by atoms with van der Waals surface area (Å²) >= 11 is 0. The molecule has 0 bridgehead atoms. The third-order valence-electron chi connectivity index (χ3n) is 4.48. The molecule has 1 aromatic carbocycles. The van der Waals surface area contributed by atoms with Crippen molar-refractivity contribution in [2.24, 2.45) is 17.4 Å². The van der Waals surface area contributed by atoms with Gasteiger partial charge in [-0.05, 0) is 30.0 Å². The van der Waals surface area contributed by atoms with Gasteiger partial charge in [-0.1, -0.05) is 37.3 Å². The molecule has 3 unspecified atom stereocenters. The van der Waals surface area contributed by atoms with E-state index in [0.717, 1.165) is 18.4 Å². The summed E-state index contributed by atoms with van der Waals surface area (Å²) in [6.07, 6.45) is 5.74. The summed E-state index contributed by atoms with van der Waals surface area (Å²) in [6.45, 7) is 1.92. The van der Waals surface area contributed by atoms with Crippen molar-refractivity contribution < 1.29 is 5.11 Å². The van der Waals surface area contributed by atoms with Crippen molar-refractivity contribution in [1.29, 1.82) is 0 Å². The molecule has 0 aliphatic heterocycles. The third-order valence-corrected chi connectivity index (χ3v) is 4.48. The van der Waals surface area contributed by atoms with Crippen LogP contribution >= 0.6 is 0 Å². The molecule has 3 nitrogen and oxygen atoms in total. The quantitative estimate of drug-likeness (QED) is 0.671. The Morgan fingerprint density at radius 1 is 1.32 bits per heavy atom. The van der Waals surface area contributed by atoms with Gasteiger partial charge in [0.2, 0.25) is 0 Å². The normalized spacial score (nSPS) is 33.6.